The highest BCUT2D eigenvalue weighted by atomic mass is 16.5. The molecule has 0 bridgehead atoms. The van der Waals surface area contributed by atoms with Crippen molar-refractivity contribution in [1.29, 1.82) is 0 Å². The third kappa shape index (κ3) is 8.55. The zero-order valence-corrected chi connectivity index (χ0v) is 23.9. The number of aromatic nitrogens is 2. The second kappa shape index (κ2) is 14.8. The lowest BCUT2D eigenvalue weighted by Gasteiger charge is -2.15. The lowest BCUT2D eigenvalue weighted by atomic mass is 10.0. The van der Waals surface area contributed by atoms with E-state index in [1.165, 1.54) is 25.7 Å². The van der Waals surface area contributed by atoms with Gasteiger partial charge < -0.3 is 20.1 Å². The van der Waals surface area contributed by atoms with Crippen LogP contribution in [0.4, 0.5) is 0 Å². The van der Waals surface area contributed by atoms with Gasteiger partial charge in [-0.1, -0.05) is 75.9 Å². The second-order valence-electron chi connectivity index (χ2n) is 10.2. The maximum absolute atomic E-state index is 12.6. The summed E-state index contributed by atoms with van der Waals surface area (Å²) in [6, 6.07) is 21.7. The first-order chi connectivity index (χ1) is 20.0. The number of carbonyl (C=O) groups excluding carboxylic acids is 1. The average Bonchev–Trinajstić information content (AvgIpc) is 3.49. The van der Waals surface area contributed by atoms with E-state index >= 15 is 0 Å². The molecule has 41 heavy (non-hydrogen) atoms. The topological polar surface area (TPSA) is 104 Å². The SMILES string of the molecule is CCCCCCCOc1ccc(-c2c[nH]c(-c3ccc(C[C@H](NC(=O)c4ccc(CC)cc4)C(=O)O)cc3)n2)cc1. The molecule has 1 atom stereocenters. The molecule has 0 aliphatic rings. The monoisotopic (exact) mass is 553 g/mol. The van der Waals surface area contributed by atoms with Crippen molar-refractivity contribution < 1.29 is 19.4 Å². The van der Waals surface area contributed by atoms with Crippen LogP contribution in [0.15, 0.2) is 79.0 Å². The number of unbranched alkanes of at least 4 members (excludes halogenated alkanes) is 4. The number of carbonyl (C=O) groups is 2. The number of H-pyrrole nitrogens is 1. The molecule has 0 aliphatic heterocycles. The minimum absolute atomic E-state index is 0.172. The fraction of sp³-hybridized carbons (Fsp3) is 0.324. The predicted octanol–water partition coefficient (Wildman–Crippen LogP) is 7.08. The quantitative estimate of drug-likeness (QED) is 0.136. The number of carboxylic acids is 1. The third-order valence-electron chi connectivity index (χ3n) is 7.14. The van der Waals surface area contributed by atoms with Crippen molar-refractivity contribution in [3.8, 4) is 28.4 Å². The van der Waals surface area contributed by atoms with Crippen LogP contribution in [-0.4, -0.2) is 39.6 Å². The number of imidazole rings is 1. The number of hydrogen-bond acceptors (Lipinski definition) is 4. The minimum Gasteiger partial charge on any atom is -0.494 e. The number of rotatable bonds is 15. The number of aryl methyl sites for hydroxylation is 1. The van der Waals surface area contributed by atoms with Gasteiger partial charge in [0.25, 0.3) is 5.91 Å². The second-order valence-corrected chi connectivity index (χ2v) is 10.2. The van der Waals surface area contributed by atoms with Crippen molar-refractivity contribution in [2.45, 2.75) is 64.8 Å². The summed E-state index contributed by atoms with van der Waals surface area (Å²) in [5.74, 6) is 0.104. The Bertz CT molecular complexity index is 1390. The molecule has 214 valence electrons. The summed E-state index contributed by atoms with van der Waals surface area (Å²) in [7, 11) is 0. The third-order valence-corrected chi connectivity index (χ3v) is 7.14. The Kier molecular flexibility index (Phi) is 10.7. The van der Waals surface area contributed by atoms with Gasteiger partial charge in [-0.25, -0.2) is 9.78 Å². The van der Waals surface area contributed by atoms with Crippen molar-refractivity contribution in [1.82, 2.24) is 15.3 Å². The Morgan fingerprint density at radius 2 is 1.51 bits per heavy atom. The summed E-state index contributed by atoms with van der Waals surface area (Å²) in [4.78, 5) is 32.5. The molecule has 4 aromatic rings. The molecule has 1 amide bonds. The van der Waals surface area contributed by atoms with Gasteiger partial charge in [0.15, 0.2) is 0 Å². The zero-order valence-electron chi connectivity index (χ0n) is 23.9. The van der Waals surface area contributed by atoms with Crippen LogP contribution in [0.3, 0.4) is 0 Å². The van der Waals surface area contributed by atoms with E-state index in [2.05, 4.69) is 17.2 Å². The highest BCUT2D eigenvalue weighted by Crippen LogP contribution is 2.25. The summed E-state index contributed by atoms with van der Waals surface area (Å²) in [5.41, 5.74) is 5.06. The van der Waals surface area contributed by atoms with Crippen LogP contribution in [0.2, 0.25) is 0 Å². The molecule has 0 aliphatic carbocycles. The number of benzene rings is 3. The first-order valence-corrected chi connectivity index (χ1v) is 14.5. The minimum atomic E-state index is -1.08. The molecule has 0 saturated heterocycles. The Balaban J connectivity index is 1.33. The zero-order chi connectivity index (χ0) is 29.0. The van der Waals surface area contributed by atoms with Crippen LogP contribution in [0.25, 0.3) is 22.6 Å². The molecule has 3 aromatic carbocycles. The van der Waals surface area contributed by atoms with Gasteiger partial charge >= 0.3 is 5.97 Å². The fourth-order valence-corrected chi connectivity index (χ4v) is 4.60. The summed E-state index contributed by atoms with van der Waals surface area (Å²) in [5, 5.41) is 12.4. The molecule has 0 radical (unpaired) electrons. The molecule has 3 N–H and O–H groups in total. The molecular weight excluding hydrogens is 514 g/mol. The normalized spacial score (nSPS) is 11.7. The van der Waals surface area contributed by atoms with Gasteiger partial charge in [-0.2, -0.15) is 0 Å². The summed E-state index contributed by atoms with van der Waals surface area (Å²) >= 11 is 0. The molecule has 7 nitrogen and oxygen atoms in total. The van der Waals surface area contributed by atoms with Crippen molar-refractivity contribution in [2.75, 3.05) is 6.61 Å². The fourth-order valence-electron chi connectivity index (χ4n) is 4.60. The highest BCUT2D eigenvalue weighted by Gasteiger charge is 2.21. The molecule has 0 unspecified atom stereocenters. The van der Waals surface area contributed by atoms with Crippen LogP contribution in [-0.2, 0) is 17.6 Å². The first kappa shape index (κ1) is 29.6. The van der Waals surface area contributed by atoms with Gasteiger partial charge in [-0.3, -0.25) is 4.79 Å². The molecule has 0 saturated carbocycles. The van der Waals surface area contributed by atoms with Crippen LogP contribution < -0.4 is 10.1 Å². The van der Waals surface area contributed by atoms with Crippen molar-refractivity contribution in [2.24, 2.45) is 0 Å². The molecule has 4 rings (SSSR count). The van der Waals surface area contributed by atoms with Gasteiger partial charge in [0.1, 0.15) is 17.6 Å². The van der Waals surface area contributed by atoms with Crippen molar-refractivity contribution in [3.63, 3.8) is 0 Å². The van der Waals surface area contributed by atoms with Gasteiger partial charge in [-0.15, -0.1) is 0 Å². The lowest BCUT2D eigenvalue weighted by molar-refractivity contribution is -0.139. The van der Waals surface area contributed by atoms with Gasteiger partial charge in [0, 0.05) is 29.3 Å². The Morgan fingerprint density at radius 1 is 0.854 bits per heavy atom. The Morgan fingerprint density at radius 3 is 2.17 bits per heavy atom. The standard InChI is InChI=1S/C34H39N3O4/c1-3-5-6-7-8-21-41-29-19-17-26(18-20-29)31-23-35-32(36-31)27-13-11-25(12-14-27)22-30(34(39)40)37-33(38)28-15-9-24(4-2)10-16-28/h9-20,23,30H,3-8,21-22H2,1-2H3,(H,35,36)(H,37,38)(H,39,40)/t30-/m0/s1. The van der Waals surface area contributed by atoms with Crippen LogP contribution >= 0.6 is 0 Å². The molecule has 1 heterocycles. The van der Waals surface area contributed by atoms with E-state index in [0.717, 1.165) is 59.0 Å². The van der Waals surface area contributed by atoms with E-state index in [4.69, 9.17) is 9.72 Å². The number of nitrogens with zero attached hydrogens (tertiary/aromatic N) is 1. The number of amides is 1. The molecule has 7 heteroatoms. The number of carboxylic acid groups (broad SMARTS) is 1. The molecule has 0 fully saturated rings. The maximum Gasteiger partial charge on any atom is 0.326 e. The van der Waals surface area contributed by atoms with E-state index in [1.807, 2.05) is 73.8 Å². The largest absolute Gasteiger partial charge is 0.494 e. The first-order valence-electron chi connectivity index (χ1n) is 14.5. The number of aliphatic carboxylic acids is 1. The number of hydrogen-bond donors (Lipinski definition) is 3. The molecular formula is C34H39N3O4. The maximum atomic E-state index is 12.6. The lowest BCUT2D eigenvalue weighted by Crippen LogP contribution is -2.42. The smallest absolute Gasteiger partial charge is 0.326 e. The highest BCUT2D eigenvalue weighted by molar-refractivity contribution is 5.96. The summed E-state index contributed by atoms with van der Waals surface area (Å²) in [6.45, 7) is 4.99. The summed E-state index contributed by atoms with van der Waals surface area (Å²) < 4.78 is 5.87. The van der Waals surface area contributed by atoms with E-state index in [-0.39, 0.29) is 6.42 Å². The molecule has 0 spiro atoms. The predicted molar refractivity (Wildman–Crippen MR) is 162 cm³/mol. The Hall–Kier alpha value is -4.39. The summed E-state index contributed by atoms with van der Waals surface area (Å²) in [6.07, 6.45) is 8.98. The number of nitrogens with one attached hydrogen (secondary N) is 2. The van der Waals surface area contributed by atoms with Crippen LogP contribution in [0, 0.1) is 0 Å². The van der Waals surface area contributed by atoms with Gasteiger partial charge in [-0.05, 0) is 60.4 Å². The average molecular weight is 554 g/mol. The molecule has 1 aromatic heterocycles. The van der Waals surface area contributed by atoms with E-state index in [9.17, 15) is 14.7 Å². The Labute approximate surface area is 242 Å². The van der Waals surface area contributed by atoms with E-state index in [1.54, 1.807) is 12.1 Å². The van der Waals surface area contributed by atoms with E-state index in [0.29, 0.717) is 5.56 Å². The van der Waals surface area contributed by atoms with Gasteiger partial charge in [0.05, 0.1) is 12.3 Å². The van der Waals surface area contributed by atoms with Crippen molar-refractivity contribution in [3.05, 3.63) is 95.7 Å². The van der Waals surface area contributed by atoms with Crippen LogP contribution in [0.1, 0.15) is 67.4 Å². The van der Waals surface area contributed by atoms with Gasteiger partial charge in [0.2, 0.25) is 0 Å². The van der Waals surface area contributed by atoms with Crippen LogP contribution in [0.5, 0.6) is 5.75 Å². The van der Waals surface area contributed by atoms with E-state index < -0.39 is 17.9 Å². The number of ether oxygens (including phenoxy) is 1. The number of aromatic amines is 1. The van der Waals surface area contributed by atoms with Crippen molar-refractivity contribution >= 4 is 11.9 Å².